The van der Waals surface area contributed by atoms with Crippen LogP contribution in [0.25, 0.3) is 21.1 Å². The number of anilines is 1. The summed E-state index contributed by atoms with van der Waals surface area (Å²) in [6.45, 7) is 0.965. The van der Waals surface area contributed by atoms with Crippen molar-refractivity contribution < 1.29 is 9.50 Å². The average Bonchev–Trinajstić information content (AvgIpc) is 3.21. The molecule has 2 fully saturated rings. The van der Waals surface area contributed by atoms with E-state index in [0.717, 1.165) is 24.4 Å². The van der Waals surface area contributed by atoms with E-state index in [9.17, 15) is 19.1 Å². The molecule has 2 aliphatic rings. The minimum Gasteiger partial charge on any atom is -0.391 e. The molecule has 6 nitrogen and oxygen atoms in total. The Balaban J connectivity index is 1.86. The smallest absolute Gasteiger partial charge is 0.271 e. The van der Waals surface area contributed by atoms with Crippen molar-refractivity contribution in [2.75, 3.05) is 18.0 Å². The Morgan fingerprint density at radius 2 is 2.04 bits per heavy atom. The predicted molar refractivity (Wildman–Crippen MR) is 95.3 cm³/mol. The zero-order valence-electron chi connectivity index (χ0n) is 13.3. The van der Waals surface area contributed by atoms with Crippen molar-refractivity contribution in [1.82, 2.24) is 8.94 Å². The molecule has 3 heterocycles. The summed E-state index contributed by atoms with van der Waals surface area (Å²) >= 11 is 1.16. The highest BCUT2D eigenvalue weighted by Crippen LogP contribution is 2.40. The zero-order valence-corrected chi connectivity index (χ0v) is 14.1. The molecular formula is C17H16FN3O3S. The zero-order chi connectivity index (χ0) is 17.3. The quantitative estimate of drug-likeness (QED) is 0.731. The van der Waals surface area contributed by atoms with E-state index >= 15 is 0 Å². The minimum atomic E-state index is -0.493. The molecule has 2 aromatic heterocycles. The van der Waals surface area contributed by atoms with Gasteiger partial charge < -0.3 is 14.6 Å². The van der Waals surface area contributed by atoms with Crippen LogP contribution in [-0.2, 0) is 0 Å². The number of hydrogen-bond donors (Lipinski definition) is 2. The average molecular weight is 361 g/mol. The molecule has 1 unspecified atom stereocenters. The highest BCUT2D eigenvalue weighted by atomic mass is 32.1. The number of nitrogens with zero attached hydrogens (tertiary/aromatic N) is 2. The van der Waals surface area contributed by atoms with Gasteiger partial charge in [-0.3, -0.25) is 14.0 Å². The number of fused-ring (bicyclic) bond motifs is 2. The Morgan fingerprint density at radius 1 is 1.24 bits per heavy atom. The molecule has 1 atom stereocenters. The van der Waals surface area contributed by atoms with Crippen molar-refractivity contribution in [3.63, 3.8) is 0 Å². The summed E-state index contributed by atoms with van der Waals surface area (Å²) in [4.78, 5) is 27.2. The number of aliphatic hydroxyl groups excluding tert-OH is 1. The Labute approximate surface area is 145 Å². The summed E-state index contributed by atoms with van der Waals surface area (Å²) in [6, 6.07) is 3.18. The lowest BCUT2D eigenvalue weighted by Gasteiger charge is -2.20. The Bertz CT molecular complexity index is 1130. The lowest BCUT2D eigenvalue weighted by Crippen LogP contribution is -2.23. The van der Waals surface area contributed by atoms with Crippen molar-refractivity contribution in [2.45, 2.75) is 31.4 Å². The van der Waals surface area contributed by atoms with Gasteiger partial charge in [-0.05, 0) is 42.9 Å². The maximum Gasteiger partial charge on any atom is 0.271 e. The number of β-amino-alcohol motifs (C(OH)–C–C–N with tert-alkyl or cyclic N) is 1. The largest absolute Gasteiger partial charge is 0.391 e. The number of aliphatic hydroxyl groups is 1. The van der Waals surface area contributed by atoms with Gasteiger partial charge in [0.25, 0.3) is 5.56 Å². The van der Waals surface area contributed by atoms with E-state index in [-0.39, 0.29) is 16.8 Å². The first-order chi connectivity index (χ1) is 12.0. The Morgan fingerprint density at radius 3 is 2.72 bits per heavy atom. The maximum absolute atomic E-state index is 14.7. The van der Waals surface area contributed by atoms with E-state index in [4.69, 9.17) is 0 Å². The van der Waals surface area contributed by atoms with Crippen LogP contribution in [-0.4, -0.2) is 33.2 Å². The standard InChI is InChI=1S/C17H16FN3O3S/c18-11-5-10-12(6-13(11)20-4-3-9(22)7-20)21(8-1-2-8)17-14(15(10)23)16(24)19-25-17/h5-6,8-9,22H,1-4,7H2,(H,19,24). The number of nitrogens with one attached hydrogen (secondary N) is 1. The highest BCUT2D eigenvalue weighted by molar-refractivity contribution is 7.12. The third-order valence-corrected chi connectivity index (χ3v) is 5.99. The fraction of sp³-hybridized carbons (Fsp3) is 0.412. The van der Waals surface area contributed by atoms with Crippen molar-refractivity contribution in [1.29, 1.82) is 0 Å². The SMILES string of the molecule is O=c1[nH]sc2c1c(=O)c1cc(F)c(N3CCC(O)C3)cc1n2C1CC1. The minimum absolute atomic E-state index is 0.119. The molecule has 1 aromatic carbocycles. The van der Waals surface area contributed by atoms with Crippen LogP contribution in [0.5, 0.6) is 0 Å². The van der Waals surface area contributed by atoms with Gasteiger partial charge in [-0.15, -0.1) is 0 Å². The van der Waals surface area contributed by atoms with Crippen LogP contribution >= 0.6 is 11.5 Å². The number of halogens is 1. The molecule has 1 saturated heterocycles. The monoisotopic (exact) mass is 361 g/mol. The third-order valence-electron chi connectivity index (χ3n) is 5.11. The summed E-state index contributed by atoms with van der Waals surface area (Å²) in [7, 11) is 0. The van der Waals surface area contributed by atoms with E-state index in [1.165, 1.54) is 6.07 Å². The van der Waals surface area contributed by atoms with E-state index < -0.39 is 22.9 Å². The summed E-state index contributed by atoms with van der Waals surface area (Å²) in [5, 5.41) is 10.1. The topological polar surface area (TPSA) is 78.3 Å². The van der Waals surface area contributed by atoms with Crippen LogP contribution in [0.4, 0.5) is 10.1 Å². The van der Waals surface area contributed by atoms with Gasteiger partial charge in [-0.25, -0.2) is 4.39 Å². The van der Waals surface area contributed by atoms with Crippen LogP contribution in [0.3, 0.4) is 0 Å². The van der Waals surface area contributed by atoms with Crippen LogP contribution in [0.15, 0.2) is 21.7 Å². The van der Waals surface area contributed by atoms with Crippen molar-refractivity contribution in [3.05, 3.63) is 38.5 Å². The number of aromatic amines is 1. The van der Waals surface area contributed by atoms with Gasteiger partial charge in [0, 0.05) is 24.5 Å². The van der Waals surface area contributed by atoms with Crippen LogP contribution < -0.4 is 15.9 Å². The van der Waals surface area contributed by atoms with Gasteiger partial charge >= 0.3 is 0 Å². The normalized spacial score (nSPS) is 20.9. The summed E-state index contributed by atoms with van der Waals surface area (Å²) in [5.74, 6) is -0.493. The molecule has 1 aliphatic carbocycles. The van der Waals surface area contributed by atoms with E-state index in [2.05, 4.69) is 4.37 Å². The first-order valence-electron chi connectivity index (χ1n) is 8.36. The number of benzene rings is 1. The molecule has 0 amide bonds. The van der Waals surface area contributed by atoms with Gasteiger partial charge in [-0.1, -0.05) is 0 Å². The first kappa shape index (κ1) is 15.1. The molecular weight excluding hydrogens is 345 g/mol. The van der Waals surface area contributed by atoms with Gasteiger partial charge in [0.1, 0.15) is 16.0 Å². The summed E-state index contributed by atoms with van der Waals surface area (Å²) < 4.78 is 19.3. The maximum atomic E-state index is 14.7. The molecule has 0 spiro atoms. The molecule has 0 bridgehead atoms. The van der Waals surface area contributed by atoms with Crippen molar-refractivity contribution >= 4 is 38.3 Å². The summed E-state index contributed by atoms with van der Waals surface area (Å²) in [6.07, 6.45) is 2.10. The lowest BCUT2D eigenvalue weighted by molar-refractivity contribution is 0.198. The van der Waals surface area contributed by atoms with Gasteiger partial charge in [0.15, 0.2) is 0 Å². The van der Waals surface area contributed by atoms with Crippen LogP contribution in [0.2, 0.25) is 0 Å². The Kier molecular flexibility index (Phi) is 3.11. The molecule has 25 heavy (non-hydrogen) atoms. The molecule has 8 heteroatoms. The summed E-state index contributed by atoms with van der Waals surface area (Å²) in [5.41, 5.74) is 0.234. The molecule has 1 saturated carbocycles. The van der Waals surface area contributed by atoms with Crippen molar-refractivity contribution in [2.24, 2.45) is 0 Å². The molecule has 5 rings (SSSR count). The highest BCUT2D eigenvalue weighted by Gasteiger charge is 2.30. The van der Waals surface area contributed by atoms with Crippen LogP contribution in [0, 0.1) is 5.82 Å². The fourth-order valence-electron chi connectivity index (χ4n) is 3.74. The van der Waals surface area contributed by atoms with Crippen molar-refractivity contribution in [3.8, 4) is 0 Å². The molecule has 1 aliphatic heterocycles. The molecule has 2 N–H and O–H groups in total. The molecule has 0 radical (unpaired) electrons. The van der Waals surface area contributed by atoms with Gasteiger partial charge in [0.2, 0.25) is 5.43 Å². The van der Waals surface area contributed by atoms with E-state index in [0.29, 0.717) is 35.5 Å². The van der Waals surface area contributed by atoms with E-state index in [1.54, 1.807) is 6.07 Å². The number of rotatable bonds is 2. The van der Waals surface area contributed by atoms with E-state index in [1.807, 2.05) is 9.47 Å². The first-order valence-corrected chi connectivity index (χ1v) is 9.18. The number of pyridine rings is 1. The second-order valence-corrected chi connectivity index (χ2v) is 7.65. The molecule has 130 valence electrons. The second-order valence-electron chi connectivity index (χ2n) is 6.85. The van der Waals surface area contributed by atoms with Gasteiger partial charge in [-0.2, -0.15) is 0 Å². The predicted octanol–water partition coefficient (Wildman–Crippen LogP) is 1.95. The second kappa shape index (κ2) is 5.15. The fourth-order valence-corrected chi connectivity index (χ4v) is 4.66. The Hall–Kier alpha value is -2.19. The number of hydrogen-bond acceptors (Lipinski definition) is 5. The third kappa shape index (κ3) is 2.17. The molecule has 3 aromatic rings. The van der Waals surface area contributed by atoms with Gasteiger partial charge in [0.05, 0.1) is 17.3 Å². The van der Waals surface area contributed by atoms with Crippen LogP contribution in [0.1, 0.15) is 25.3 Å². The lowest BCUT2D eigenvalue weighted by atomic mass is 10.1. The number of H-pyrrole nitrogens is 1. The number of aromatic nitrogens is 2.